The highest BCUT2D eigenvalue weighted by Crippen LogP contribution is 2.25. The van der Waals surface area contributed by atoms with Crippen LogP contribution < -0.4 is 16.0 Å². The van der Waals surface area contributed by atoms with E-state index in [-0.39, 0.29) is 30.4 Å². The number of aromatic nitrogens is 1. The predicted octanol–water partition coefficient (Wildman–Crippen LogP) is 6.93. The van der Waals surface area contributed by atoms with E-state index in [1.54, 1.807) is 65.8 Å². The maximum absolute atomic E-state index is 13.6. The molecule has 0 aliphatic heterocycles. The van der Waals surface area contributed by atoms with Crippen LogP contribution in [0.15, 0.2) is 73.3 Å². The Morgan fingerprint density at radius 3 is 2.17 bits per heavy atom. The average molecular weight is 828 g/mol. The molecular formula is C46H61N5O9. The van der Waals surface area contributed by atoms with E-state index < -0.39 is 59.4 Å². The van der Waals surface area contributed by atoms with Gasteiger partial charge in [0.15, 0.2) is 0 Å². The number of esters is 2. The summed E-state index contributed by atoms with van der Waals surface area (Å²) in [5.74, 6) is -3.56. The Morgan fingerprint density at radius 2 is 1.55 bits per heavy atom. The van der Waals surface area contributed by atoms with Gasteiger partial charge in [-0.2, -0.15) is 0 Å². The molecule has 3 aromatic rings. The van der Waals surface area contributed by atoms with E-state index in [0.29, 0.717) is 36.1 Å². The summed E-state index contributed by atoms with van der Waals surface area (Å²) in [7, 11) is 0. The normalized spacial score (nSPS) is 12.9. The molecule has 14 heteroatoms. The van der Waals surface area contributed by atoms with Crippen molar-refractivity contribution in [2.45, 2.75) is 124 Å². The third-order valence-corrected chi connectivity index (χ3v) is 9.08. The number of carbonyl (C=O) groups is 6. The summed E-state index contributed by atoms with van der Waals surface area (Å²) in [6.07, 6.45) is 5.28. The Kier molecular flexibility index (Phi) is 18.6. The lowest BCUT2D eigenvalue weighted by Crippen LogP contribution is -2.48. The molecule has 0 radical (unpaired) electrons. The molecule has 0 saturated carbocycles. The van der Waals surface area contributed by atoms with Crippen LogP contribution in [0.3, 0.4) is 0 Å². The Hall–Kier alpha value is -5.89. The lowest BCUT2D eigenvalue weighted by atomic mass is 9.90. The molecule has 3 rings (SSSR count). The van der Waals surface area contributed by atoms with Crippen molar-refractivity contribution in [1.29, 1.82) is 0 Å². The lowest BCUT2D eigenvalue weighted by molar-refractivity contribution is -0.200. The molecule has 0 saturated heterocycles. The number of hydroxylamine groups is 2. The minimum atomic E-state index is -1.32. The summed E-state index contributed by atoms with van der Waals surface area (Å²) in [5, 5.41) is 9.36. The van der Waals surface area contributed by atoms with Crippen molar-refractivity contribution in [2.24, 2.45) is 5.92 Å². The van der Waals surface area contributed by atoms with Gasteiger partial charge in [0, 0.05) is 11.1 Å². The third kappa shape index (κ3) is 15.7. The molecule has 2 aromatic carbocycles. The fraction of sp³-hybridized carbons (Fsp3) is 0.457. The van der Waals surface area contributed by atoms with Crippen LogP contribution in [-0.4, -0.2) is 76.1 Å². The van der Waals surface area contributed by atoms with Crippen molar-refractivity contribution < 1.29 is 43.1 Å². The van der Waals surface area contributed by atoms with Gasteiger partial charge in [-0.05, 0) is 89.8 Å². The number of benzene rings is 2. The summed E-state index contributed by atoms with van der Waals surface area (Å²) in [6.45, 7) is 17.9. The van der Waals surface area contributed by atoms with E-state index in [2.05, 4.69) is 34.4 Å². The Bertz CT molecular complexity index is 1940. The zero-order valence-corrected chi connectivity index (χ0v) is 36.2. The van der Waals surface area contributed by atoms with Crippen molar-refractivity contribution in [3.63, 3.8) is 0 Å². The van der Waals surface area contributed by atoms with Gasteiger partial charge < -0.3 is 25.4 Å². The van der Waals surface area contributed by atoms with E-state index >= 15 is 0 Å². The maximum atomic E-state index is 13.6. The number of hydrogen-bond acceptors (Lipinski definition) is 10. The molecule has 0 spiro atoms. The smallest absolute Gasteiger partial charge is 0.329 e. The van der Waals surface area contributed by atoms with Crippen LogP contribution in [-0.2, 0) is 40.1 Å². The fourth-order valence-electron chi connectivity index (χ4n) is 6.29. The zero-order valence-electron chi connectivity index (χ0n) is 36.2. The summed E-state index contributed by atoms with van der Waals surface area (Å²) >= 11 is 0. The highest BCUT2D eigenvalue weighted by molar-refractivity contribution is 6.01. The molecule has 14 nitrogen and oxygen atoms in total. The van der Waals surface area contributed by atoms with Crippen LogP contribution in [0, 0.1) is 5.92 Å². The number of rotatable bonds is 22. The predicted molar refractivity (Wildman–Crippen MR) is 229 cm³/mol. The van der Waals surface area contributed by atoms with Gasteiger partial charge in [-0.15, -0.1) is 0 Å². The molecular weight excluding hydrogens is 767 g/mol. The van der Waals surface area contributed by atoms with Gasteiger partial charge in [0.25, 0.3) is 11.8 Å². The standard InChI is InChI=1S/C46H61N5O9/c1-10-13-15-21-35(39(12-3)51(30-52)58-28-31-19-16-14-17-20-31)41(54)47-29-48-43(56)37-23-18-22-36(49-37)33-24-25-34(32(11-2)26-33)42(55)50-38(44(57)60-46(7,8)9)27-40(53)59-45(4,5)6/h11,14,16-20,22-26,30,35,38-39H,2,10,12-13,15,21,27-29H2,1,3-9H3,(H,47,54)(H,48,56)(H,50,55)/t35-,38+,39-/m1/s1. The van der Waals surface area contributed by atoms with Gasteiger partial charge in [-0.3, -0.25) is 28.8 Å². The second kappa shape index (κ2) is 23.0. The molecule has 3 N–H and O–H groups in total. The first-order valence-electron chi connectivity index (χ1n) is 20.3. The molecule has 324 valence electrons. The number of nitrogens with one attached hydrogen (secondary N) is 3. The first-order chi connectivity index (χ1) is 28.4. The second-order valence-electron chi connectivity index (χ2n) is 16.3. The monoisotopic (exact) mass is 827 g/mol. The summed E-state index contributed by atoms with van der Waals surface area (Å²) in [6, 6.07) is 17.3. The van der Waals surface area contributed by atoms with Crippen molar-refractivity contribution in [2.75, 3.05) is 6.67 Å². The van der Waals surface area contributed by atoms with Crippen LogP contribution in [0.2, 0.25) is 0 Å². The van der Waals surface area contributed by atoms with Crippen LogP contribution in [0.4, 0.5) is 0 Å². The number of amides is 4. The first kappa shape index (κ1) is 48.5. The Labute approximate surface area is 353 Å². The van der Waals surface area contributed by atoms with Crippen molar-refractivity contribution in [3.8, 4) is 11.3 Å². The number of carbonyl (C=O) groups excluding carboxylic acids is 6. The molecule has 60 heavy (non-hydrogen) atoms. The second-order valence-corrected chi connectivity index (χ2v) is 16.3. The van der Waals surface area contributed by atoms with Crippen LogP contribution in [0.5, 0.6) is 0 Å². The van der Waals surface area contributed by atoms with Gasteiger partial charge in [0.2, 0.25) is 12.3 Å². The molecule has 0 aliphatic carbocycles. The van der Waals surface area contributed by atoms with Gasteiger partial charge in [-0.1, -0.05) is 88.2 Å². The molecule has 0 aliphatic rings. The number of nitrogens with zero attached hydrogens (tertiary/aromatic N) is 2. The van der Waals surface area contributed by atoms with Crippen LogP contribution >= 0.6 is 0 Å². The van der Waals surface area contributed by atoms with E-state index in [0.717, 1.165) is 24.8 Å². The van der Waals surface area contributed by atoms with Crippen LogP contribution in [0.1, 0.15) is 126 Å². The maximum Gasteiger partial charge on any atom is 0.329 e. The van der Waals surface area contributed by atoms with Gasteiger partial charge in [0.05, 0.1) is 30.7 Å². The summed E-state index contributed by atoms with van der Waals surface area (Å²) in [4.78, 5) is 88.8. The van der Waals surface area contributed by atoms with Gasteiger partial charge >= 0.3 is 11.9 Å². The number of pyridine rings is 1. The molecule has 1 heterocycles. The Balaban J connectivity index is 1.72. The number of unbranched alkanes of at least 4 members (excludes halogenated alkanes) is 2. The molecule has 0 unspecified atom stereocenters. The molecule has 0 bridgehead atoms. The zero-order chi connectivity index (χ0) is 44.5. The van der Waals surface area contributed by atoms with Crippen molar-refractivity contribution in [3.05, 3.63) is 95.7 Å². The summed E-state index contributed by atoms with van der Waals surface area (Å²) in [5.41, 5.74) is 0.859. The van der Waals surface area contributed by atoms with Crippen LogP contribution in [0.25, 0.3) is 17.3 Å². The van der Waals surface area contributed by atoms with E-state index in [4.69, 9.17) is 14.3 Å². The van der Waals surface area contributed by atoms with Gasteiger partial charge in [-0.25, -0.2) is 14.8 Å². The molecule has 4 amide bonds. The van der Waals surface area contributed by atoms with Crippen molar-refractivity contribution >= 4 is 42.1 Å². The first-order valence-corrected chi connectivity index (χ1v) is 20.3. The highest BCUT2D eigenvalue weighted by atomic mass is 16.7. The number of ether oxygens (including phenoxy) is 2. The highest BCUT2D eigenvalue weighted by Gasteiger charge is 2.33. The fourth-order valence-corrected chi connectivity index (χ4v) is 6.29. The SMILES string of the molecule is C=Cc1cc(-c2cccc(C(=O)NCNC(=O)[C@H](CCCCC)[C@@H](CC)N(C=O)OCc3ccccc3)n2)ccc1C(=O)N[C@@H](CC(=O)OC(C)(C)C)C(=O)OC(C)(C)C. The lowest BCUT2D eigenvalue weighted by Gasteiger charge is -2.32. The van der Waals surface area contributed by atoms with E-state index in [1.165, 1.54) is 23.3 Å². The van der Waals surface area contributed by atoms with Crippen molar-refractivity contribution in [1.82, 2.24) is 26.0 Å². The van der Waals surface area contributed by atoms with E-state index in [9.17, 15) is 28.8 Å². The molecule has 0 fully saturated rings. The number of hydrogen-bond donors (Lipinski definition) is 3. The average Bonchev–Trinajstić information content (AvgIpc) is 3.19. The minimum Gasteiger partial charge on any atom is -0.460 e. The third-order valence-electron chi connectivity index (χ3n) is 9.08. The Morgan fingerprint density at radius 1 is 0.850 bits per heavy atom. The topological polar surface area (TPSA) is 182 Å². The van der Waals surface area contributed by atoms with E-state index in [1.807, 2.05) is 37.3 Å². The summed E-state index contributed by atoms with van der Waals surface area (Å²) < 4.78 is 10.9. The quantitative estimate of drug-likeness (QED) is 0.0316. The molecule has 1 aromatic heterocycles. The largest absolute Gasteiger partial charge is 0.460 e. The van der Waals surface area contributed by atoms with Gasteiger partial charge in [0.1, 0.15) is 29.5 Å². The minimum absolute atomic E-state index is 0.0819. The molecule has 3 atom stereocenters.